The number of nitrogens with zero attached hydrogens (tertiary/aromatic N) is 1. The highest BCUT2D eigenvalue weighted by atomic mass is 35.5. The quantitative estimate of drug-likeness (QED) is 0.215. The topological polar surface area (TPSA) is 126 Å². The molecule has 0 amide bonds. The Bertz CT molecular complexity index is 975. The third-order valence-corrected chi connectivity index (χ3v) is 5.86. The second kappa shape index (κ2) is 13.2. The van der Waals surface area contributed by atoms with Crippen molar-refractivity contribution < 1.29 is 9.90 Å². The fourth-order valence-corrected chi connectivity index (χ4v) is 4.00. The summed E-state index contributed by atoms with van der Waals surface area (Å²) in [7, 11) is 0. The van der Waals surface area contributed by atoms with Gasteiger partial charge in [0.2, 0.25) is 0 Å². The molecule has 180 valence electrons. The van der Waals surface area contributed by atoms with Crippen LogP contribution in [0, 0.1) is 16.7 Å². The largest absolute Gasteiger partial charge is 0.478 e. The first-order chi connectivity index (χ1) is 14.8. The Labute approximate surface area is 207 Å². The lowest BCUT2D eigenvalue weighted by atomic mass is 9.96. The molecule has 0 spiro atoms. The van der Waals surface area contributed by atoms with Crippen molar-refractivity contribution in [2.24, 2.45) is 11.7 Å². The Kier molecular flexibility index (Phi) is 11.4. The number of amidine groups is 2. The third-order valence-electron chi connectivity index (χ3n) is 5.86. The lowest BCUT2D eigenvalue weighted by Crippen LogP contribution is -2.39. The normalized spacial score (nSPS) is 13.5. The van der Waals surface area contributed by atoms with Gasteiger partial charge in [-0.3, -0.25) is 10.8 Å². The van der Waals surface area contributed by atoms with Crippen LogP contribution in [0.1, 0.15) is 41.3 Å². The summed E-state index contributed by atoms with van der Waals surface area (Å²) in [4.78, 5) is 13.8. The Morgan fingerprint density at radius 2 is 1.76 bits per heavy atom. The zero-order valence-electron chi connectivity index (χ0n) is 18.8. The highest BCUT2D eigenvalue weighted by Crippen LogP contribution is 2.24. The molecule has 1 saturated heterocycles. The van der Waals surface area contributed by atoms with E-state index in [2.05, 4.69) is 10.2 Å². The van der Waals surface area contributed by atoms with Crippen molar-refractivity contribution in [3.63, 3.8) is 0 Å². The van der Waals surface area contributed by atoms with Gasteiger partial charge in [0.25, 0.3) is 0 Å². The second-order valence-corrected chi connectivity index (χ2v) is 8.19. The summed E-state index contributed by atoms with van der Waals surface area (Å²) in [5.41, 5.74) is 9.10. The minimum absolute atomic E-state index is 0. The number of nitrogens with one attached hydrogen (secondary N) is 3. The van der Waals surface area contributed by atoms with Gasteiger partial charge in [0, 0.05) is 18.7 Å². The Balaban J connectivity index is 0.00000272. The standard InChI is InChI=1S/C24H31N5O2.2ClH/c1-16(25)29-9-6-17(7-10-29)15-28-8-5-18-11-21(14-22(12-18)24(30)31)19-3-2-4-20(13-19)23(26)27;;/h2-4,11-14,17,25,28H,5-10,15H2,1H3,(H3,26,27)(H,30,31);2*1H. The number of nitrogen functional groups attached to an aromatic ring is 1. The van der Waals surface area contributed by atoms with E-state index in [1.807, 2.05) is 31.2 Å². The van der Waals surface area contributed by atoms with E-state index < -0.39 is 5.97 Å². The molecule has 7 nitrogen and oxygen atoms in total. The molecule has 2 aromatic rings. The molecular formula is C24H33Cl2N5O2. The van der Waals surface area contributed by atoms with Crippen LogP contribution in [-0.2, 0) is 6.42 Å². The molecule has 0 radical (unpaired) electrons. The number of carboxylic acid groups (broad SMARTS) is 1. The van der Waals surface area contributed by atoms with Crippen LogP contribution < -0.4 is 11.1 Å². The van der Waals surface area contributed by atoms with Crippen LogP contribution in [-0.4, -0.2) is 53.8 Å². The minimum atomic E-state index is -0.952. The summed E-state index contributed by atoms with van der Waals surface area (Å²) in [5.74, 6) is 0.300. The van der Waals surface area contributed by atoms with Crippen LogP contribution in [0.3, 0.4) is 0 Å². The van der Waals surface area contributed by atoms with Gasteiger partial charge in [0.15, 0.2) is 0 Å². The van der Waals surface area contributed by atoms with Crippen molar-refractivity contribution in [3.05, 3.63) is 59.2 Å². The van der Waals surface area contributed by atoms with Crippen molar-refractivity contribution in [3.8, 4) is 11.1 Å². The number of nitrogens with two attached hydrogens (primary N) is 1. The maximum absolute atomic E-state index is 11.6. The molecule has 0 aliphatic carbocycles. The highest BCUT2D eigenvalue weighted by molar-refractivity contribution is 5.96. The molecule has 0 unspecified atom stereocenters. The first kappa shape index (κ1) is 28.4. The van der Waals surface area contributed by atoms with Crippen molar-refractivity contribution >= 4 is 42.5 Å². The van der Waals surface area contributed by atoms with E-state index in [0.29, 0.717) is 17.3 Å². The van der Waals surface area contributed by atoms with Gasteiger partial charge in [-0.15, -0.1) is 24.8 Å². The lowest BCUT2D eigenvalue weighted by Gasteiger charge is -2.32. The Hall–Kier alpha value is -2.61. The molecule has 0 bridgehead atoms. The van der Waals surface area contributed by atoms with Gasteiger partial charge in [-0.2, -0.15) is 0 Å². The van der Waals surface area contributed by atoms with Gasteiger partial charge in [-0.25, -0.2) is 4.79 Å². The summed E-state index contributed by atoms with van der Waals surface area (Å²) in [6, 6.07) is 12.7. The number of carbonyl (C=O) groups is 1. The summed E-state index contributed by atoms with van der Waals surface area (Å²) < 4.78 is 0. The summed E-state index contributed by atoms with van der Waals surface area (Å²) in [5, 5.41) is 28.4. The number of aromatic carboxylic acids is 1. The second-order valence-electron chi connectivity index (χ2n) is 8.19. The monoisotopic (exact) mass is 493 g/mol. The van der Waals surface area contributed by atoms with Gasteiger partial charge < -0.3 is 21.1 Å². The molecule has 0 atom stereocenters. The van der Waals surface area contributed by atoms with Crippen LogP contribution in [0.15, 0.2) is 42.5 Å². The number of hydrogen-bond acceptors (Lipinski definition) is 4. The predicted octanol–water partition coefficient (Wildman–Crippen LogP) is 4.02. The number of piperidine rings is 1. The van der Waals surface area contributed by atoms with Crippen LogP contribution in [0.4, 0.5) is 0 Å². The number of carboxylic acids is 1. The van der Waals surface area contributed by atoms with E-state index in [0.717, 1.165) is 62.1 Å². The van der Waals surface area contributed by atoms with Gasteiger partial charge in [0.1, 0.15) is 5.84 Å². The molecule has 0 aromatic heterocycles. The van der Waals surface area contributed by atoms with Crippen molar-refractivity contribution in [1.29, 1.82) is 10.8 Å². The smallest absolute Gasteiger partial charge is 0.335 e. The molecule has 1 aliphatic heterocycles. The first-order valence-electron chi connectivity index (χ1n) is 10.7. The van der Waals surface area contributed by atoms with E-state index in [1.165, 1.54) is 0 Å². The zero-order chi connectivity index (χ0) is 22.4. The molecule has 3 rings (SSSR count). The van der Waals surface area contributed by atoms with E-state index in [-0.39, 0.29) is 36.2 Å². The maximum atomic E-state index is 11.6. The van der Waals surface area contributed by atoms with Crippen LogP contribution >= 0.6 is 24.8 Å². The molecule has 33 heavy (non-hydrogen) atoms. The van der Waals surface area contributed by atoms with E-state index >= 15 is 0 Å². The number of halogens is 2. The van der Waals surface area contributed by atoms with Gasteiger partial charge in [0.05, 0.1) is 11.4 Å². The van der Waals surface area contributed by atoms with Gasteiger partial charge in [-0.05, 0) is 80.1 Å². The Morgan fingerprint density at radius 1 is 1.09 bits per heavy atom. The fraction of sp³-hybridized carbons (Fsp3) is 0.375. The molecule has 1 fully saturated rings. The average molecular weight is 494 g/mol. The first-order valence-corrected chi connectivity index (χ1v) is 10.7. The maximum Gasteiger partial charge on any atom is 0.335 e. The van der Waals surface area contributed by atoms with Crippen molar-refractivity contribution in [2.75, 3.05) is 26.2 Å². The van der Waals surface area contributed by atoms with E-state index in [9.17, 15) is 9.90 Å². The fourth-order valence-electron chi connectivity index (χ4n) is 4.00. The van der Waals surface area contributed by atoms with E-state index in [4.69, 9.17) is 16.6 Å². The molecule has 2 aromatic carbocycles. The highest BCUT2D eigenvalue weighted by Gasteiger charge is 2.19. The van der Waals surface area contributed by atoms with Crippen molar-refractivity contribution in [1.82, 2.24) is 10.2 Å². The van der Waals surface area contributed by atoms with Gasteiger partial charge >= 0.3 is 5.97 Å². The molecule has 0 saturated carbocycles. The average Bonchev–Trinajstić information content (AvgIpc) is 2.77. The minimum Gasteiger partial charge on any atom is -0.478 e. The van der Waals surface area contributed by atoms with Crippen molar-refractivity contribution in [2.45, 2.75) is 26.2 Å². The third kappa shape index (κ3) is 8.03. The summed E-state index contributed by atoms with van der Waals surface area (Å²) in [6.07, 6.45) is 2.92. The van der Waals surface area contributed by atoms with Crippen LogP contribution in [0.25, 0.3) is 11.1 Å². The zero-order valence-corrected chi connectivity index (χ0v) is 20.4. The molecule has 9 heteroatoms. The summed E-state index contributed by atoms with van der Waals surface area (Å²) in [6.45, 7) is 5.46. The Morgan fingerprint density at radius 3 is 2.36 bits per heavy atom. The molecule has 1 heterocycles. The van der Waals surface area contributed by atoms with Crippen LogP contribution in [0.2, 0.25) is 0 Å². The van der Waals surface area contributed by atoms with E-state index in [1.54, 1.807) is 18.2 Å². The molecule has 6 N–H and O–H groups in total. The lowest BCUT2D eigenvalue weighted by molar-refractivity contribution is 0.0697. The number of hydrogen-bond donors (Lipinski definition) is 5. The predicted molar refractivity (Wildman–Crippen MR) is 139 cm³/mol. The molecular weight excluding hydrogens is 461 g/mol. The number of rotatable bonds is 8. The van der Waals surface area contributed by atoms with Gasteiger partial charge in [-0.1, -0.05) is 24.3 Å². The summed E-state index contributed by atoms with van der Waals surface area (Å²) >= 11 is 0. The van der Waals surface area contributed by atoms with Crippen LogP contribution in [0.5, 0.6) is 0 Å². The molecule has 1 aliphatic rings. The number of likely N-dealkylation sites (tertiary alicyclic amines) is 1. The SMILES string of the molecule is CC(=N)N1CCC(CNCCc2cc(C(=O)O)cc(-c3cccc(C(=N)N)c3)c2)CC1.Cl.Cl. The number of benzene rings is 2.